The van der Waals surface area contributed by atoms with Crippen molar-refractivity contribution < 1.29 is 23.5 Å². The predicted octanol–water partition coefficient (Wildman–Crippen LogP) is 4.19. The first-order chi connectivity index (χ1) is 17.9. The molecule has 10 nitrogen and oxygen atoms in total. The normalized spacial score (nSPS) is 10.7. The molecule has 192 valence electrons. The van der Waals surface area contributed by atoms with Gasteiger partial charge in [-0.3, -0.25) is 14.2 Å². The van der Waals surface area contributed by atoms with Crippen LogP contribution in [0.4, 0.5) is 9.52 Å². The number of methoxy groups -OCH3 is 2. The van der Waals surface area contributed by atoms with Gasteiger partial charge in [0.2, 0.25) is 5.91 Å². The zero-order chi connectivity index (χ0) is 26.4. The lowest BCUT2D eigenvalue weighted by Gasteiger charge is -2.17. The first-order valence-corrected chi connectivity index (χ1v) is 12.9. The number of carbonyl (C=O) groups excluding carboxylic acids is 2. The van der Waals surface area contributed by atoms with E-state index >= 15 is 0 Å². The van der Waals surface area contributed by atoms with E-state index in [4.69, 9.17) is 21.1 Å². The van der Waals surface area contributed by atoms with Gasteiger partial charge in [0.05, 0.1) is 37.1 Å². The smallest absolute Gasteiger partial charge is 0.256 e. The summed E-state index contributed by atoms with van der Waals surface area (Å²) in [6.45, 7) is -0.135. The van der Waals surface area contributed by atoms with Crippen LogP contribution in [0.5, 0.6) is 11.5 Å². The number of aromatic nitrogens is 4. The van der Waals surface area contributed by atoms with Crippen molar-refractivity contribution in [3.8, 4) is 17.2 Å². The molecule has 0 aliphatic carbocycles. The van der Waals surface area contributed by atoms with Crippen LogP contribution in [-0.4, -0.2) is 51.5 Å². The minimum absolute atomic E-state index is 0.00632. The monoisotopic (exact) mass is 562 g/mol. The average Bonchev–Trinajstić information content (AvgIpc) is 3.55. The number of para-hydroxylation sites is 1. The average molecular weight is 563 g/mol. The quantitative estimate of drug-likeness (QED) is 0.276. The van der Waals surface area contributed by atoms with Gasteiger partial charge in [0, 0.05) is 11.6 Å². The van der Waals surface area contributed by atoms with Crippen LogP contribution in [0.25, 0.3) is 5.69 Å². The maximum atomic E-state index is 14.2. The van der Waals surface area contributed by atoms with Gasteiger partial charge in [-0.2, -0.15) is 0 Å². The van der Waals surface area contributed by atoms with Crippen LogP contribution in [0.2, 0.25) is 5.02 Å². The number of carbonyl (C=O) groups is 2. The lowest BCUT2D eigenvalue weighted by atomic mass is 10.2. The van der Waals surface area contributed by atoms with E-state index in [0.29, 0.717) is 27.5 Å². The molecule has 2 aromatic heterocycles. The Bertz CT molecular complexity index is 1370. The lowest BCUT2D eigenvalue weighted by molar-refractivity contribution is -0.113. The van der Waals surface area contributed by atoms with E-state index in [9.17, 15) is 14.0 Å². The topological polar surface area (TPSA) is 120 Å². The number of hydrogen-bond acceptors (Lipinski definition) is 9. The molecule has 4 aromatic rings. The van der Waals surface area contributed by atoms with Crippen molar-refractivity contribution in [3.05, 3.63) is 70.2 Å². The van der Waals surface area contributed by atoms with E-state index in [-0.39, 0.29) is 34.6 Å². The highest BCUT2D eigenvalue weighted by atomic mass is 35.5. The molecule has 0 radical (unpaired) electrons. The molecule has 2 aromatic carbocycles. The highest BCUT2D eigenvalue weighted by molar-refractivity contribution is 7.99. The summed E-state index contributed by atoms with van der Waals surface area (Å²) in [7, 11) is 3.00. The fraction of sp³-hybridized carbons (Fsp3) is 0.174. The molecular weight excluding hydrogens is 543 g/mol. The zero-order valence-electron chi connectivity index (χ0n) is 19.5. The van der Waals surface area contributed by atoms with E-state index in [1.54, 1.807) is 34.3 Å². The number of amides is 2. The summed E-state index contributed by atoms with van der Waals surface area (Å²) in [4.78, 5) is 29.2. The van der Waals surface area contributed by atoms with Crippen LogP contribution in [0.1, 0.15) is 16.2 Å². The number of hydrogen-bond donors (Lipinski definition) is 2. The lowest BCUT2D eigenvalue weighted by Crippen LogP contribution is -2.26. The molecule has 2 heterocycles. The van der Waals surface area contributed by atoms with Crippen LogP contribution in [0.3, 0.4) is 0 Å². The van der Waals surface area contributed by atoms with Crippen LogP contribution < -0.4 is 20.1 Å². The standard InChI is InChI=1S/C23H20ClFN6O4S2/c1-34-15-7-4-8-16(35-2)20(15)31-17(11-27-21(33)19-13(24)5-3-6-14(19)25)29-30-23(31)37-12-18(32)28-22-26-9-10-36-22/h3-10H,11-12H2,1-2H3,(H,27,33)(H,26,28,32). The Morgan fingerprint density at radius 3 is 2.51 bits per heavy atom. The van der Waals surface area contributed by atoms with E-state index < -0.39 is 11.7 Å². The molecule has 2 amide bonds. The zero-order valence-corrected chi connectivity index (χ0v) is 21.9. The summed E-state index contributed by atoms with van der Waals surface area (Å²) in [5.74, 6) is -0.582. The number of nitrogens with zero attached hydrogens (tertiary/aromatic N) is 4. The molecule has 2 N–H and O–H groups in total. The maximum absolute atomic E-state index is 14.2. The highest BCUT2D eigenvalue weighted by Crippen LogP contribution is 2.36. The Labute approximate surface area is 224 Å². The van der Waals surface area contributed by atoms with E-state index in [2.05, 4.69) is 25.8 Å². The van der Waals surface area contributed by atoms with Gasteiger partial charge in [0.15, 0.2) is 16.1 Å². The predicted molar refractivity (Wildman–Crippen MR) is 139 cm³/mol. The first kappa shape index (κ1) is 26.4. The van der Waals surface area contributed by atoms with E-state index in [0.717, 1.165) is 17.8 Å². The number of thiazole rings is 1. The Morgan fingerprint density at radius 1 is 1.14 bits per heavy atom. The molecule has 0 atom stereocenters. The SMILES string of the molecule is COc1cccc(OC)c1-n1c(CNC(=O)c2c(F)cccc2Cl)nnc1SCC(=O)Nc1nccs1. The third kappa shape index (κ3) is 6.01. The molecule has 0 aliphatic heterocycles. The van der Waals surface area contributed by atoms with Gasteiger partial charge in [0.25, 0.3) is 5.91 Å². The fourth-order valence-electron chi connectivity index (χ4n) is 3.32. The van der Waals surface area contributed by atoms with E-state index in [1.165, 1.54) is 37.7 Å². The summed E-state index contributed by atoms with van der Waals surface area (Å²) >= 11 is 8.44. The van der Waals surface area contributed by atoms with Gasteiger partial charge in [-0.05, 0) is 24.3 Å². The van der Waals surface area contributed by atoms with E-state index in [1.807, 2.05) is 0 Å². The molecule has 0 unspecified atom stereocenters. The molecule has 4 rings (SSSR count). The van der Waals surface area contributed by atoms with Crippen LogP contribution in [0, 0.1) is 5.82 Å². The van der Waals surface area contributed by atoms with Gasteiger partial charge >= 0.3 is 0 Å². The molecule has 0 bridgehead atoms. The highest BCUT2D eigenvalue weighted by Gasteiger charge is 2.23. The first-order valence-electron chi connectivity index (χ1n) is 10.6. The van der Waals surface area contributed by atoms with Crippen LogP contribution in [-0.2, 0) is 11.3 Å². The third-order valence-corrected chi connectivity index (χ3v) is 6.87. The number of rotatable bonds is 10. The van der Waals surface area contributed by atoms with Gasteiger partial charge in [-0.15, -0.1) is 21.5 Å². The minimum Gasteiger partial charge on any atom is -0.494 e. The summed E-state index contributed by atoms with van der Waals surface area (Å²) < 4.78 is 26.9. The number of halogens is 2. The van der Waals surface area contributed by atoms with Crippen molar-refractivity contribution in [2.75, 3.05) is 25.3 Å². The van der Waals surface area contributed by atoms with Crippen LogP contribution >= 0.6 is 34.7 Å². The second-order valence-electron chi connectivity index (χ2n) is 7.20. The Kier molecular flexibility index (Phi) is 8.58. The van der Waals surface area contributed by atoms with Gasteiger partial charge in [-0.1, -0.05) is 35.5 Å². The summed E-state index contributed by atoms with van der Waals surface area (Å²) in [5, 5.41) is 16.3. The summed E-state index contributed by atoms with van der Waals surface area (Å²) in [5.41, 5.74) is 0.187. The molecule has 37 heavy (non-hydrogen) atoms. The van der Waals surface area contributed by atoms with Gasteiger partial charge in [0.1, 0.15) is 23.0 Å². The molecule has 14 heteroatoms. The molecule has 0 saturated carbocycles. The molecule has 0 saturated heterocycles. The number of anilines is 1. The summed E-state index contributed by atoms with van der Waals surface area (Å²) in [6, 6.07) is 9.18. The molecular formula is C23H20ClFN6O4S2. The number of nitrogens with one attached hydrogen (secondary N) is 2. The summed E-state index contributed by atoms with van der Waals surface area (Å²) in [6.07, 6.45) is 1.59. The molecule has 0 fully saturated rings. The third-order valence-electron chi connectivity index (χ3n) is 4.93. The minimum atomic E-state index is -0.750. The van der Waals surface area contributed by atoms with Gasteiger partial charge in [-0.25, -0.2) is 9.37 Å². The molecule has 0 aliphatic rings. The van der Waals surface area contributed by atoms with Crippen molar-refractivity contribution in [3.63, 3.8) is 0 Å². The van der Waals surface area contributed by atoms with Crippen molar-refractivity contribution in [2.45, 2.75) is 11.7 Å². The Morgan fingerprint density at radius 2 is 1.86 bits per heavy atom. The van der Waals surface area contributed by atoms with Gasteiger partial charge < -0.3 is 20.1 Å². The Hall–Kier alpha value is -3.68. The number of benzene rings is 2. The second-order valence-corrected chi connectivity index (χ2v) is 9.44. The Balaban J connectivity index is 1.64. The van der Waals surface area contributed by atoms with Crippen molar-refractivity contribution >= 4 is 51.6 Å². The second kappa shape index (κ2) is 12.0. The maximum Gasteiger partial charge on any atom is 0.256 e. The number of thioether (sulfide) groups is 1. The van der Waals surface area contributed by atoms with Crippen molar-refractivity contribution in [1.82, 2.24) is 25.1 Å². The van der Waals surface area contributed by atoms with Crippen molar-refractivity contribution in [2.24, 2.45) is 0 Å². The van der Waals surface area contributed by atoms with Crippen molar-refractivity contribution in [1.29, 1.82) is 0 Å². The number of ether oxygens (including phenoxy) is 2. The fourth-order valence-corrected chi connectivity index (χ4v) is 4.87. The largest absolute Gasteiger partial charge is 0.494 e. The van der Waals surface area contributed by atoms with Crippen LogP contribution in [0.15, 0.2) is 53.1 Å². The molecule has 0 spiro atoms.